The Balaban J connectivity index is 2.23. The van der Waals surface area contributed by atoms with Crippen LogP contribution in [0, 0.1) is 0 Å². The highest BCUT2D eigenvalue weighted by Gasteiger charge is 2.15. The molecule has 17 heavy (non-hydrogen) atoms. The summed E-state index contributed by atoms with van der Waals surface area (Å²) in [5, 5.41) is 2.98. The molecule has 0 saturated carbocycles. The molecule has 6 nitrogen and oxygen atoms in total. The van der Waals surface area contributed by atoms with Crippen molar-refractivity contribution in [3.63, 3.8) is 0 Å². The number of carbonyl (C=O) groups excluding carboxylic acids is 1. The minimum absolute atomic E-state index is 0.120. The van der Waals surface area contributed by atoms with Gasteiger partial charge in [0.05, 0.1) is 19.8 Å². The molecule has 0 unspecified atom stereocenters. The van der Waals surface area contributed by atoms with E-state index in [1.54, 1.807) is 0 Å². The lowest BCUT2D eigenvalue weighted by molar-refractivity contribution is -0.135. The summed E-state index contributed by atoms with van der Waals surface area (Å²) < 4.78 is 5.18. The van der Waals surface area contributed by atoms with Crippen molar-refractivity contribution in [2.45, 2.75) is 26.3 Å². The van der Waals surface area contributed by atoms with Gasteiger partial charge in [-0.3, -0.25) is 9.79 Å². The van der Waals surface area contributed by atoms with Gasteiger partial charge in [-0.1, -0.05) is 0 Å². The van der Waals surface area contributed by atoms with Gasteiger partial charge < -0.3 is 20.7 Å². The fourth-order valence-electron chi connectivity index (χ4n) is 1.58. The Labute approximate surface area is 102 Å². The summed E-state index contributed by atoms with van der Waals surface area (Å²) in [4.78, 5) is 17.7. The van der Waals surface area contributed by atoms with Crippen molar-refractivity contribution in [1.82, 2.24) is 10.2 Å². The molecule has 1 heterocycles. The Kier molecular flexibility index (Phi) is 5.76. The SMILES string of the molecule is CC(C)NC(N)=NCCC(=O)N1CCOCC1. The Hall–Kier alpha value is -1.30. The smallest absolute Gasteiger partial charge is 0.224 e. The predicted octanol–water partition coefficient (Wildman–Crippen LogP) is -0.452. The van der Waals surface area contributed by atoms with Crippen LogP contribution in [0.15, 0.2) is 4.99 Å². The molecule has 98 valence electrons. The molecule has 3 N–H and O–H groups in total. The number of nitrogens with two attached hydrogens (primary N) is 1. The van der Waals surface area contributed by atoms with Crippen LogP contribution < -0.4 is 11.1 Å². The second kappa shape index (κ2) is 7.11. The van der Waals surface area contributed by atoms with Crippen molar-refractivity contribution < 1.29 is 9.53 Å². The van der Waals surface area contributed by atoms with Crippen LogP contribution in [0.1, 0.15) is 20.3 Å². The molecule has 1 rings (SSSR count). The van der Waals surface area contributed by atoms with Crippen molar-refractivity contribution in [2.24, 2.45) is 10.7 Å². The normalized spacial score (nSPS) is 17.4. The summed E-state index contributed by atoms with van der Waals surface area (Å²) >= 11 is 0. The molecule has 0 aliphatic carbocycles. The van der Waals surface area contributed by atoms with Gasteiger partial charge >= 0.3 is 0 Å². The zero-order valence-corrected chi connectivity index (χ0v) is 10.6. The Morgan fingerprint density at radius 2 is 2.12 bits per heavy atom. The molecular weight excluding hydrogens is 220 g/mol. The van der Waals surface area contributed by atoms with Gasteiger partial charge in [0.1, 0.15) is 0 Å². The van der Waals surface area contributed by atoms with Crippen LogP contribution in [0.2, 0.25) is 0 Å². The summed E-state index contributed by atoms with van der Waals surface area (Å²) in [6.07, 6.45) is 0.403. The van der Waals surface area contributed by atoms with Crippen molar-refractivity contribution >= 4 is 11.9 Å². The number of nitrogens with zero attached hydrogens (tertiary/aromatic N) is 2. The van der Waals surface area contributed by atoms with Gasteiger partial charge in [0.15, 0.2) is 5.96 Å². The maximum Gasteiger partial charge on any atom is 0.224 e. The van der Waals surface area contributed by atoms with Crippen molar-refractivity contribution in [2.75, 3.05) is 32.8 Å². The van der Waals surface area contributed by atoms with Crippen molar-refractivity contribution in [1.29, 1.82) is 0 Å². The molecule has 0 aromatic heterocycles. The zero-order chi connectivity index (χ0) is 12.7. The zero-order valence-electron chi connectivity index (χ0n) is 10.6. The largest absolute Gasteiger partial charge is 0.378 e. The number of carbonyl (C=O) groups is 1. The van der Waals surface area contributed by atoms with E-state index in [1.165, 1.54) is 0 Å². The lowest BCUT2D eigenvalue weighted by Gasteiger charge is -2.26. The second-order valence-electron chi connectivity index (χ2n) is 4.31. The Bertz CT molecular complexity index is 273. The number of guanidine groups is 1. The molecule has 1 aliphatic rings. The van der Waals surface area contributed by atoms with Crippen LogP contribution in [0.25, 0.3) is 0 Å². The maximum atomic E-state index is 11.7. The first-order valence-corrected chi connectivity index (χ1v) is 6.01. The second-order valence-corrected chi connectivity index (χ2v) is 4.31. The van der Waals surface area contributed by atoms with Gasteiger partial charge in [0, 0.05) is 25.6 Å². The number of morpholine rings is 1. The van der Waals surface area contributed by atoms with E-state index in [9.17, 15) is 4.79 Å². The number of amides is 1. The van der Waals surface area contributed by atoms with Gasteiger partial charge in [-0.15, -0.1) is 0 Å². The highest BCUT2D eigenvalue weighted by Crippen LogP contribution is 2.00. The van der Waals surface area contributed by atoms with Crippen LogP contribution in [-0.4, -0.2) is 55.7 Å². The van der Waals surface area contributed by atoms with Crippen molar-refractivity contribution in [3.05, 3.63) is 0 Å². The highest BCUT2D eigenvalue weighted by molar-refractivity contribution is 5.79. The average Bonchev–Trinajstić information content (AvgIpc) is 2.29. The van der Waals surface area contributed by atoms with Crippen LogP contribution >= 0.6 is 0 Å². The van der Waals surface area contributed by atoms with Gasteiger partial charge in [0.25, 0.3) is 0 Å². The fraction of sp³-hybridized carbons (Fsp3) is 0.818. The first kappa shape index (κ1) is 13.8. The maximum absolute atomic E-state index is 11.7. The van der Waals surface area contributed by atoms with Crippen LogP contribution in [0.3, 0.4) is 0 Å². The quantitative estimate of drug-likeness (QED) is 0.517. The van der Waals surface area contributed by atoms with E-state index >= 15 is 0 Å². The number of hydrogen-bond donors (Lipinski definition) is 2. The van der Waals surface area contributed by atoms with Crippen LogP contribution in [0.4, 0.5) is 0 Å². The number of rotatable bonds is 4. The van der Waals surface area contributed by atoms with Crippen molar-refractivity contribution in [3.8, 4) is 0 Å². The molecule has 6 heteroatoms. The molecule has 0 aromatic rings. The Morgan fingerprint density at radius 1 is 1.47 bits per heavy atom. The molecule has 0 atom stereocenters. The number of aliphatic imine (C=N–C) groups is 1. The summed E-state index contributed by atoms with van der Waals surface area (Å²) in [5.74, 6) is 0.518. The molecule has 1 amide bonds. The number of ether oxygens (including phenoxy) is 1. The van der Waals surface area contributed by atoms with Gasteiger partial charge in [-0.05, 0) is 13.8 Å². The lowest BCUT2D eigenvalue weighted by atomic mass is 10.3. The topological polar surface area (TPSA) is 79.9 Å². The average molecular weight is 242 g/mol. The van der Waals surface area contributed by atoms with Crippen LogP contribution in [0.5, 0.6) is 0 Å². The lowest BCUT2D eigenvalue weighted by Crippen LogP contribution is -2.41. The number of hydrogen-bond acceptors (Lipinski definition) is 3. The standard InChI is InChI=1S/C11H22N4O2/c1-9(2)14-11(12)13-4-3-10(16)15-5-7-17-8-6-15/h9H,3-8H2,1-2H3,(H3,12,13,14). The van der Waals surface area contributed by atoms with Gasteiger partial charge in [-0.2, -0.15) is 0 Å². The Morgan fingerprint density at radius 3 is 2.71 bits per heavy atom. The molecule has 0 radical (unpaired) electrons. The van der Waals surface area contributed by atoms with E-state index in [1.807, 2.05) is 18.7 Å². The van der Waals surface area contributed by atoms with E-state index in [-0.39, 0.29) is 11.9 Å². The third-order valence-electron chi connectivity index (χ3n) is 2.41. The molecule has 1 fully saturated rings. The van der Waals surface area contributed by atoms with Crippen LogP contribution in [-0.2, 0) is 9.53 Å². The highest BCUT2D eigenvalue weighted by atomic mass is 16.5. The van der Waals surface area contributed by atoms with Gasteiger partial charge in [-0.25, -0.2) is 0 Å². The first-order chi connectivity index (χ1) is 8.09. The van der Waals surface area contributed by atoms with Gasteiger partial charge in [0.2, 0.25) is 5.91 Å². The molecule has 1 saturated heterocycles. The third-order valence-corrected chi connectivity index (χ3v) is 2.41. The monoisotopic (exact) mass is 242 g/mol. The molecule has 0 aromatic carbocycles. The summed E-state index contributed by atoms with van der Waals surface area (Å²) in [6.45, 7) is 7.03. The minimum atomic E-state index is 0.120. The predicted molar refractivity (Wildman–Crippen MR) is 66.8 cm³/mol. The van der Waals surface area contributed by atoms with E-state index < -0.39 is 0 Å². The molecule has 1 aliphatic heterocycles. The third kappa shape index (κ3) is 5.53. The minimum Gasteiger partial charge on any atom is -0.378 e. The molecule has 0 spiro atoms. The number of nitrogens with one attached hydrogen (secondary N) is 1. The van der Waals surface area contributed by atoms with E-state index in [2.05, 4.69) is 10.3 Å². The first-order valence-electron chi connectivity index (χ1n) is 6.01. The van der Waals surface area contributed by atoms with E-state index in [0.29, 0.717) is 45.2 Å². The summed E-state index contributed by atoms with van der Waals surface area (Å²) in [6, 6.07) is 0.258. The molecular formula is C11H22N4O2. The molecule has 0 bridgehead atoms. The van der Waals surface area contributed by atoms with E-state index in [4.69, 9.17) is 10.5 Å². The van der Waals surface area contributed by atoms with E-state index in [0.717, 1.165) is 0 Å². The summed E-state index contributed by atoms with van der Waals surface area (Å²) in [7, 11) is 0. The fourth-order valence-corrected chi connectivity index (χ4v) is 1.58. The summed E-state index contributed by atoms with van der Waals surface area (Å²) in [5.41, 5.74) is 5.63.